The Morgan fingerprint density at radius 3 is 2.60 bits per heavy atom. The maximum Gasteiger partial charge on any atom is 0.236 e. The molecule has 3 N–H and O–H groups in total. The van der Waals surface area contributed by atoms with Gasteiger partial charge in [0.05, 0.1) is 6.04 Å². The summed E-state index contributed by atoms with van der Waals surface area (Å²) in [5, 5.41) is 3.04. The maximum atomic E-state index is 11.4. The van der Waals surface area contributed by atoms with Crippen molar-refractivity contribution >= 4 is 5.91 Å². The van der Waals surface area contributed by atoms with Crippen molar-refractivity contribution in [2.75, 3.05) is 0 Å². The molecular formula is C12H22N2O. The van der Waals surface area contributed by atoms with Gasteiger partial charge in [-0.3, -0.25) is 4.79 Å². The second-order valence-electron chi connectivity index (χ2n) is 5.20. The summed E-state index contributed by atoms with van der Waals surface area (Å²) < 4.78 is 0. The molecular weight excluding hydrogens is 188 g/mol. The topological polar surface area (TPSA) is 55.1 Å². The summed E-state index contributed by atoms with van der Waals surface area (Å²) in [5.74, 6) is 1.64. The number of carbonyl (C=O) groups excluding carboxylic acids is 1. The summed E-state index contributed by atoms with van der Waals surface area (Å²) >= 11 is 0. The molecule has 1 amide bonds. The Kier molecular flexibility index (Phi) is 3.29. The third-order valence-corrected chi connectivity index (χ3v) is 3.84. The summed E-state index contributed by atoms with van der Waals surface area (Å²) in [4.78, 5) is 11.4. The lowest BCUT2D eigenvalue weighted by Crippen LogP contribution is -2.40. The highest BCUT2D eigenvalue weighted by molar-refractivity contribution is 5.81. The van der Waals surface area contributed by atoms with E-state index < -0.39 is 0 Å². The molecule has 15 heavy (non-hydrogen) atoms. The molecule has 0 aromatic carbocycles. The minimum absolute atomic E-state index is 0.0123. The molecule has 2 saturated carbocycles. The van der Waals surface area contributed by atoms with Crippen LogP contribution in [0.15, 0.2) is 0 Å². The zero-order chi connectivity index (χ0) is 10.8. The average molecular weight is 210 g/mol. The first-order valence-corrected chi connectivity index (χ1v) is 6.24. The van der Waals surface area contributed by atoms with Crippen molar-refractivity contribution in [2.45, 2.75) is 57.5 Å². The van der Waals surface area contributed by atoms with E-state index in [4.69, 9.17) is 5.73 Å². The highest BCUT2D eigenvalue weighted by atomic mass is 16.2. The van der Waals surface area contributed by atoms with Gasteiger partial charge in [-0.25, -0.2) is 0 Å². The number of carbonyl (C=O) groups is 1. The van der Waals surface area contributed by atoms with Gasteiger partial charge in [-0.05, 0) is 25.2 Å². The van der Waals surface area contributed by atoms with Crippen molar-refractivity contribution in [2.24, 2.45) is 17.6 Å². The van der Waals surface area contributed by atoms with Crippen LogP contribution in [-0.4, -0.2) is 18.0 Å². The van der Waals surface area contributed by atoms with Crippen LogP contribution >= 0.6 is 0 Å². The zero-order valence-electron chi connectivity index (χ0n) is 9.54. The Morgan fingerprint density at radius 1 is 1.33 bits per heavy atom. The lowest BCUT2D eigenvalue weighted by Gasteiger charge is -2.21. The van der Waals surface area contributed by atoms with Crippen molar-refractivity contribution in [1.82, 2.24) is 5.32 Å². The summed E-state index contributed by atoms with van der Waals surface area (Å²) in [6.45, 7) is 1.74. The van der Waals surface area contributed by atoms with E-state index in [2.05, 4.69) is 5.32 Å². The third-order valence-electron chi connectivity index (χ3n) is 3.84. The Labute approximate surface area is 91.8 Å². The van der Waals surface area contributed by atoms with Gasteiger partial charge >= 0.3 is 0 Å². The lowest BCUT2D eigenvalue weighted by atomic mass is 9.85. The molecule has 2 unspecified atom stereocenters. The van der Waals surface area contributed by atoms with Crippen LogP contribution in [0, 0.1) is 11.8 Å². The molecule has 2 rings (SSSR count). The van der Waals surface area contributed by atoms with Crippen LogP contribution in [0.1, 0.15) is 45.4 Å². The largest absolute Gasteiger partial charge is 0.352 e. The molecule has 3 nitrogen and oxygen atoms in total. The maximum absolute atomic E-state index is 11.4. The van der Waals surface area contributed by atoms with E-state index in [1.165, 1.54) is 38.5 Å². The minimum Gasteiger partial charge on any atom is -0.352 e. The van der Waals surface area contributed by atoms with Gasteiger partial charge in [0.25, 0.3) is 0 Å². The van der Waals surface area contributed by atoms with E-state index >= 15 is 0 Å². The van der Waals surface area contributed by atoms with Gasteiger partial charge in [-0.15, -0.1) is 0 Å². The number of nitrogens with one attached hydrogen (secondary N) is 1. The van der Waals surface area contributed by atoms with Crippen LogP contribution in [0.25, 0.3) is 0 Å². The molecule has 0 aliphatic heterocycles. The van der Waals surface area contributed by atoms with E-state index in [1.807, 2.05) is 0 Å². The van der Waals surface area contributed by atoms with Crippen LogP contribution < -0.4 is 11.1 Å². The number of amides is 1. The van der Waals surface area contributed by atoms with Crippen molar-refractivity contribution in [3.8, 4) is 0 Å². The lowest BCUT2D eigenvalue weighted by molar-refractivity contribution is -0.122. The van der Waals surface area contributed by atoms with Gasteiger partial charge in [0.1, 0.15) is 0 Å². The first kappa shape index (κ1) is 10.9. The number of nitrogens with two attached hydrogens (primary N) is 1. The molecule has 3 atom stereocenters. The van der Waals surface area contributed by atoms with E-state index in [-0.39, 0.29) is 11.9 Å². The predicted molar refractivity (Wildman–Crippen MR) is 60.3 cm³/mol. The molecule has 2 aliphatic rings. The average Bonchev–Trinajstić information content (AvgIpc) is 2.98. The molecule has 86 valence electrons. The van der Waals surface area contributed by atoms with Gasteiger partial charge in [0, 0.05) is 6.04 Å². The molecule has 0 heterocycles. The third kappa shape index (κ3) is 2.71. The van der Waals surface area contributed by atoms with Crippen LogP contribution in [0.3, 0.4) is 0 Å². The van der Waals surface area contributed by atoms with Crippen LogP contribution in [-0.2, 0) is 4.79 Å². The molecule has 0 aromatic heterocycles. The fraction of sp³-hybridized carbons (Fsp3) is 0.917. The molecule has 0 bridgehead atoms. The van der Waals surface area contributed by atoms with Gasteiger partial charge < -0.3 is 11.1 Å². The molecule has 2 aliphatic carbocycles. The second kappa shape index (κ2) is 4.52. The van der Waals surface area contributed by atoms with E-state index in [0.717, 1.165) is 11.8 Å². The molecule has 0 spiro atoms. The van der Waals surface area contributed by atoms with Crippen molar-refractivity contribution in [3.05, 3.63) is 0 Å². The summed E-state index contributed by atoms with van der Waals surface area (Å²) in [7, 11) is 0. The number of hydrogen-bond acceptors (Lipinski definition) is 2. The van der Waals surface area contributed by atoms with E-state index in [1.54, 1.807) is 6.92 Å². The summed E-state index contributed by atoms with van der Waals surface area (Å²) in [6.07, 6.45) is 8.10. The van der Waals surface area contributed by atoms with Gasteiger partial charge in [0.15, 0.2) is 0 Å². The molecule has 2 fully saturated rings. The SMILES string of the molecule is C[C@H](N)C(=O)NC1CC1C1CCCCC1. The summed E-state index contributed by atoms with van der Waals surface area (Å²) in [5.41, 5.74) is 5.52. The Balaban J connectivity index is 1.73. The van der Waals surface area contributed by atoms with Gasteiger partial charge in [-0.2, -0.15) is 0 Å². The monoisotopic (exact) mass is 210 g/mol. The Morgan fingerprint density at radius 2 is 2.00 bits per heavy atom. The fourth-order valence-corrected chi connectivity index (χ4v) is 2.78. The van der Waals surface area contributed by atoms with E-state index in [9.17, 15) is 4.79 Å². The first-order valence-electron chi connectivity index (χ1n) is 6.24. The Bertz CT molecular complexity index is 234. The quantitative estimate of drug-likeness (QED) is 0.740. The van der Waals surface area contributed by atoms with Crippen molar-refractivity contribution in [1.29, 1.82) is 0 Å². The van der Waals surface area contributed by atoms with Gasteiger partial charge in [-0.1, -0.05) is 32.1 Å². The second-order valence-corrected chi connectivity index (χ2v) is 5.20. The van der Waals surface area contributed by atoms with Crippen LogP contribution in [0.2, 0.25) is 0 Å². The van der Waals surface area contributed by atoms with Gasteiger partial charge in [0.2, 0.25) is 5.91 Å². The normalized spacial score (nSPS) is 33.5. The van der Waals surface area contributed by atoms with Crippen molar-refractivity contribution < 1.29 is 4.79 Å². The fourth-order valence-electron chi connectivity index (χ4n) is 2.78. The highest BCUT2D eigenvalue weighted by Crippen LogP contribution is 2.44. The Hall–Kier alpha value is -0.570. The zero-order valence-corrected chi connectivity index (χ0v) is 9.54. The summed E-state index contributed by atoms with van der Waals surface area (Å²) in [6, 6.07) is 0.0733. The van der Waals surface area contributed by atoms with Crippen LogP contribution in [0.4, 0.5) is 0 Å². The number of rotatable bonds is 3. The minimum atomic E-state index is -0.363. The molecule has 0 radical (unpaired) electrons. The van der Waals surface area contributed by atoms with Crippen LogP contribution in [0.5, 0.6) is 0 Å². The highest BCUT2D eigenvalue weighted by Gasteiger charge is 2.43. The van der Waals surface area contributed by atoms with Crippen molar-refractivity contribution in [3.63, 3.8) is 0 Å². The van der Waals surface area contributed by atoms with E-state index in [0.29, 0.717) is 6.04 Å². The number of hydrogen-bond donors (Lipinski definition) is 2. The molecule has 3 heteroatoms. The first-order chi connectivity index (χ1) is 7.18. The smallest absolute Gasteiger partial charge is 0.236 e. The predicted octanol–water partition coefficient (Wildman–Crippen LogP) is 1.42. The molecule has 0 aromatic rings. The standard InChI is InChI=1S/C12H22N2O/c1-8(13)12(15)14-11-7-10(11)9-5-3-2-4-6-9/h8-11H,2-7,13H2,1H3,(H,14,15)/t8-,10?,11?/m0/s1. The molecule has 0 saturated heterocycles.